The van der Waals surface area contributed by atoms with E-state index in [0.29, 0.717) is 22.9 Å². The molecule has 6 nitrogen and oxygen atoms in total. The maximum atomic E-state index is 11.1. The van der Waals surface area contributed by atoms with E-state index in [0.717, 1.165) is 16.9 Å². The van der Waals surface area contributed by atoms with E-state index in [-0.39, 0.29) is 10.9 Å². The molecule has 0 amide bonds. The number of carboxylic acid groups (broad SMARTS) is 1. The molecule has 0 spiro atoms. The summed E-state index contributed by atoms with van der Waals surface area (Å²) in [4.78, 5) is 15.6. The van der Waals surface area contributed by atoms with E-state index in [2.05, 4.69) is 10.1 Å². The summed E-state index contributed by atoms with van der Waals surface area (Å²) >= 11 is 1.13. The fourth-order valence-corrected chi connectivity index (χ4v) is 3.16. The third kappa shape index (κ3) is 3.30. The van der Waals surface area contributed by atoms with Gasteiger partial charge in [0.1, 0.15) is 15.6 Å². The molecule has 1 atom stereocenters. The van der Waals surface area contributed by atoms with E-state index in [9.17, 15) is 4.79 Å². The molecule has 3 N–H and O–H groups in total. The topological polar surface area (TPSA) is 94.0 Å². The second-order valence-electron chi connectivity index (χ2n) is 5.18. The van der Waals surface area contributed by atoms with Crippen molar-refractivity contribution in [2.45, 2.75) is 19.5 Å². The molecule has 0 aliphatic rings. The van der Waals surface area contributed by atoms with Gasteiger partial charge in [0.25, 0.3) is 0 Å². The first kappa shape index (κ1) is 15.4. The minimum absolute atomic E-state index is 0.156. The molecule has 0 saturated heterocycles. The Bertz CT molecular complexity index is 826. The lowest BCUT2D eigenvalue weighted by molar-refractivity contribution is 0.0701. The Kier molecular flexibility index (Phi) is 4.22. The van der Waals surface area contributed by atoms with Crippen LogP contribution in [0.4, 0.5) is 0 Å². The first-order valence-electron chi connectivity index (χ1n) is 7.09. The van der Waals surface area contributed by atoms with Gasteiger partial charge in [0, 0.05) is 12.2 Å². The van der Waals surface area contributed by atoms with E-state index in [4.69, 9.17) is 10.8 Å². The van der Waals surface area contributed by atoms with Crippen molar-refractivity contribution < 1.29 is 9.90 Å². The van der Waals surface area contributed by atoms with E-state index in [1.165, 1.54) is 0 Å². The zero-order valence-corrected chi connectivity index (χ0v) is 13.3. The fraction of sp³-hybridized carbons (Fsp3) is 0.188. The largest absolute Gasteiger partial charge is 0.477 e. The van der Waals surface area contributed by atoms with Crippen LogP contribution in [-0.2, 0) is 6.54 Å². The average Bonchev–Trinajstić information content (AvgIpc) is 3.14. The van der Waals surface area contributed by atoms with Crippen molar-refractivity contribution in [2.75, 3.05) is 0 Å². The van der Waals surface area contributed by atoms with Gasteiger partial charge in [0.15, 0.2) is 0 Å². The third-order valence-corrected chi connectivity index (χ3v) is 4.63. The molecule has 7 heteroatoms. The van der Waals surface area contributed by atoms with Crippen LogP contribution < -0.4 is 5.73 Å². The van der Waals surface area contributed by atoms with Gasteiger partial charge in [-0.1, -0.05) is 30.3 Å². The first-order chi connectivity index (χ1) is 11.0. The van der Waals surface area contributed by atoms with Gasteiger partial charge in [0.2, 0.25) is 0 Å². The molecule has 23 heavy (non-hydrogen) atoms. The number of rotatable bonds is 5. The summed E-state index contributed by atoms with van der Waals surface area (Å²) in [6, 6.07) is 11.5. The quantitative estimate of drug-likeness (QED) is 0.751. The molecule has 0 radical (unpaired) electrons. The number of carboxylic acids is 1. The summed E-state index contributed by atoms with van der Waals surface area (Å²) in [5.74, 6) is -0.961. The van der Waals surface area contributed by atoms with E-state index >= 15 is 0 Å². The van der Waals surface area contributed by atoms with Crippen molar-refractivity contribution in [1.29, 1.82) is 0 Å². The monoisotopic (exact) mass is 328 g/mol. The molecule has 2 aromatic heterocycles. The molecule has 3 rings (SSSR count). The Balaban J connectivity index is 1.78. The fourth-order valence-electron chi connectivity index (χ4n) is 2.29. The van der Waals surface area contributed by atoms with Crippen molar-refractivity contribution in [2.24, 2.45) is 5.73 Å². The zero-order valence-electron chi connectivity index (χ0n) is 12.5. The second kappa shape index (κ2) is 6.31. The lowest BCUT2D eigenvalue weighted by atomic mass is 10.1. The molecular formula is C16H16N4O2S. The summed E-state index contributed by atoms with van der Waals surface area (Å²) in [6.45, 7) is 2.23. The van der Waals surface area contributed by atoms with Crippen molar-refractivity contribution in [3.8, 4) is 10.7 Å². The lowest BCUT2D eigenvalue weighted by Gasteiger charge is -2.11. The highest BCUT2D eigenvalue weighted by Crippen LogP contribution is 2.26. The lowest BCUT2D eigenvalue weighted by Crippen LogP contribution is -2.17. The van der Waals surface area contributed by atoms with Crippen LogP contribution in [0.1, 0.15) is 27.0 Å². The predicted molar refractivity (Wildman–Crippen MR) is 88.4 cm³/mol. The maximum Gasteiger partial charge on any atom is 0.347 e. The van der Waals surface area contributed by atoms with Gasteiger partial charge in [-0.25, -0.2) is 9.78 Å². The number of aromatic nitrogens is 3. The van der Waals surface area contributed by atoms with E-state index in [1.54, 1.807) is 11.6 Å². The van der Waals surface area contributed by atoms with Crippen molar-refractivity contribution in [3.63, 3.8) is 0 Å². The summed E-state index contributed by atoms with van der Waals surface area (Å²) in [7, 11) is 0. The molecule has 0 bridgehead atoms. The Morgan fingerprint density at radius 2 is 2.09 bits per heavy atom. The van der Waals surface area contributed by atoms with Crippen molar-refractivity contribution in [3.05, 3.63) is 58.7 Å². The Morgan fingerprint density at radius 3 is 2.74 bits per heavy atom. The molecule has 3 aromatic rings. The summed E-state index contributed by atoms with van der Waals surface area (Å²) in [5, 5.41) is 14.2. The van der Waals surface area contributed by atoms with Crippen molar-refractivity contribution in [1.82, 2.24) is 14.8 Å². The number of nitrogens with zero attached hydrogens (tertiary/aromatic N) is 3. The number of hydrogen-bond acceptors (Lipinski definition) is 5. The van der Waals surface area contributed by atoms with Crippen LogP contribution in [0.5, 0.6) is 0 Å². The SMILES string of the molecule is Cc1nc(-c2ccn(CC(N)c3ccccc3)n2)sc1C(=O)O. The molecule has 1 unspecified atom stereocenters. The van der Waals surface area contributed by atoms with Crippen LogP contribution in [0, 0.1) is 6.92 Å². The van der Waals surface area contributed by atoms with E-state index in [1.807, 2.05) is 42.6 Å². The van der Waals surface area contributed by atoms with Crippen LogP contribution in [0.2, 0.25) is 0 Å². The smallest absolute Gasteiger partial charge is 0.347 e. The molecule has 0 fully saturated rings. The van der Waals surface area contributed by atoms with Gasteiger partial charge < -0.3 is 10.8 Å². The minimum atomic E-state index is -0.961. The summed E-state index contributed by atoms with van der Waals surface area (Å²) < 4.78 is 1.75. The third-order valence-electron chi connectivity index (χ3n) is 3.46. The van der Waals surface area contributed by atoms with E-state index < -0.39 is 5.97 Å². The number of aryl methyl sites for hydroxylation is 1. The first-order valence-corrected chi connectivity index (χ1v) is 7.91. The summed E-state index contributed by atoms with van der Waals surface area (Å²) in [5.41, 5.74) is 8.40. The maximum absolute atomic E-state index is 11.1. The van der Waals surface area contributed by atoms with Gasteiger partial charge in [0.05, 0.1) is 12.2 Å². The van der Waals surface area contributed by atoms with Crippen LogP contribution in [0.3, 0.4) is 0 Å². The average molecular weight is 328 g/mol. The second-order valence-corrected chi connectivity index (χ2v) is 6.18. The zero-order chi connectivity index (χ0) is 16.4. The van der Waals surface area contributed by atoms with Crippen LogP contribution >= 0.6 is 11.3 Å². The van der Waals surface area contributed by atoms with Gasteiger partial charge in [-0.05, 0) is 18.6 Å². The number of hydrogen-bond donors (Lipinski definition) is 2. The van der Waals surface area contributed by atoms with Crippen molar-refractivity contribution >= 4 is 17.3 Å². The molecule has 118 valence electrons. The molecule has 0 saturated carbocycles. The Hall–Kier alpha value is -2.51. The van der Waals surface area contributed by atoms with Crippen LogP contribution in [0.25, 0.3) is 10.7 Å². The van der Waals surface area contributed by atoms with Crippen LogP contribution in [0.15, 0.2) is 42.6 Å². The predicted octanol–water partition coefficient (Wildman–Crippen LogP) is 2.71. The minimum Gasteiger partial charge on any atom is -0.477 e. The number of nitrogens with two attached hydrogens (primary N) is 1. The van der Waals surface area contributed by atoms with Gasteiger partial charge >= 0.3 is 5.97 Å². The Morgan fingerprint density at radius 1 is 1.35 bits per heavy atom. The highest BCUT2D eigenvalue weighted by molar-refractivity contribution is 7.17. The molecule has 0 aliphatic carbocycles. The molecule has 1 aromatic carbocycles. The number of carbonyl (C=O) groups is 1. The molecule has 2 heterocycles. The van der Waals surface area contributed by atoms with Gasteiger partial charge in [-0.3, -0.25) is 4.68 Å². The Labute approximate surface area is 137 Å². The van der Waals surface area contributed by atoms with Gasteiger partial charge in [-0.2, -0.15) is 5.10 Å². The number of benzene rings is 1. The number of aromatic carboxylic acids is 1. The highest BCUT2D eigenvalue weighted by Gasteiger charge is 2.17. The highest BCUT2D eigenvalue weighted by atomic mass is 32.1. The number of thiazole rings is 1. The molecule has 0 aliphatic heterocycles. The molecular weight excluding hydrogens is 312 g/mol. The normalized spacial score (nSPS) is 12.3. The van der Waals surface area contributed by atoms with Crippen LogP contribution in [-0.4, -0.2) is 25.8 Å². The van der Waals surface area contributed by atoms with Gasteiger partial charge in [-0.15, -0.1) is 11.3 Å². The summed E-state index contributed by atoms with van der Waals surface area (Å²) in [6.07, 6.45) is 1.83. The standard InChI is InChI=1S/C16H16N4O2S/c1-10-14(16(21)22)23-15(18-10)13-7-8-20(19-13)9-12(17)11-5-3-2-4-6-11/h2-8,12H,9,17H2,1H3,(H,21,22).